The van der Waals surface area contributed by atoms with Gasteiger partial charge in [0.1, 0.15) is 23.5 Å². The molecule has 1 aromatic carbocycles. The number of hydrogen-bond donors (Lipinski definition) is 0. The maximum absolute atomic E-state index is 11.2. The summed E-state index contributed by atoms with van der Waals surface area (Å²) in [5, 5.41) is 11.0. The molecule has 0 fully saturated rings. The van der Waals surface area contributed by atoms with E-state index < -0.39 is 16.9 Å². The van der Waals surface area contributed by atoms with Crippen molar-refractivity contribution in [1.29, 1.82) is 0 Å². The number of non-ortho nitro benzene ring substituents is 1. The van der Waals surface area contributed by atoms with Crippen LogP contribution in [0.1, 0.15) is 11.5 Å². The molecule has 0 bridgehead atoms. The molecule has 1 heterocycles. The number of nitrogens with zero attached hydrogens (tertiary/aromatic N) is 2. The van der Waals surface area contributed by atoms with E-state index in [1.165, 1.54) is 26.4 Å². The van der Waals surface area contributed by atoms with E-state index in [-0.39, 0.29) is 5.69 Å². The number of nitro benzene ring substituents is 1. The van der Waals surface area contributed by atoms with Gasteiger partial charge in [0.05, 0.1) is 18.0 Å². The van der Waals surface area contributed by atoms with Gasteiger partial charge in [0.15, 0.2) is 0 Å². The second kappa shape index (κ2) is 6.43. The van der Waals surface area contributed by atoms with Crippen LogP contribution in [-0.4, -0.2) is 43.1 Å². The zero-order valence-corrected chi connectivity index (χ0v) is 12.5. The summed E-state index contributed by atoms with van der Waals surface area (Å²) in [7, 11) is 4.67. The van der Waals surface area contributed by atoms with E-state index in [1.807, 2.05) is 5.94 Å². The predicted molar refractivity (Wildman–Crippen MR) is 78.7 cm³/mol. The Kier molecular flexibility index (Phi) is 4.60. The van der Waals surface area contributed by atoms with Crippen molar-refractivity contribution in [1.82, 2.24) is 4.90 Å². The van der Waals surface area contributed by atoms with Crippen molar-refractivity contribution < 1.29 is 19.2 Å². The molecular formula is C15H16N2O5. The molecule has 2 unspecified atom stereocenters. The predicted octanol–water partition coefficient (Wildman–Crippen LogP) is 1.84. The van der Waals surface area contributed by atoms with E-state index in [0.717, 1.165) is 0 Å². The van der Waals surface area contributed by atoms with Crippen LogP contribution in [0.2, 0.25) is 0 Å². The van der Waals surface area contributed by atoms with Gasteiger partial charge in [-0.2, -0.15) is 0 Å². The van der Waals surface area contributed by atoms with Gasteiger partial charge in [0.2, 0.25) is 0 Å². The summed E-state index contributed by atoms with van der Waals surface area (Å²) in [4.78, 5) is 23.3. The maximum Gasteiger partial charge on any atom is 0.269 e. The highest BCUT2D eigenvalue weighted by Gasteiger charge is 2.37. The van der Waals surface area contributed by atoms with E-state index in [2.05, 4.69) is 0 Å². The number of ether oxygens (including phenoxy) is 2. The molecule has 0 aliphatic carbocycles. The van der Waals surface area contributed by atoms with Crippen LogP contribution in [0.5, 0.6) is 0 Å². The van der Waals surface area contributed by atoms with E-state index in [1.54, 1.807) is 30.3 Å². The fourth-order valence-corrected chi connectivity index (χ4v) is 2.58. The average Bonchev–Trinajstić information content (AvgIpc) is 2.53. The molecule has 1 aliphatic heterocycles. The van der Waals surface area contributed by atoms with Crippen molar-refractivity contribution >= 4 is 11.6 Å². The summed E-state index contributed by atoms with van der Waals surface area (Å²) in [5.41, 5.74) is 0.910. The smallest absolute Gasteiger partial charge is 0.269 e. The summed E-state index contributed by atoms with van der Waals surface area (Å²) in [6.45, 7) is 0. The van der Waals surface area contributed by atoms with Gasteiger partial charge in [-0.05, 0) is 5.56 Å². The lowest BCUT2D eigenvalue weighted by molar-refractivity contribution is -0.384. The quantitative estimate of drug-likeness (QED) is 0.479. The lowest BCUT2D eigenvalue weighted by Crippen LogP contribution is -2.36. The normalized spacial score (nSPS) is 21.1. The van der Waals surface area contributed by atoms with Gasteiger partial charge in [-0.15, -0.1) is 0 Å². The first-order chi connectivity index (χ1) is 10.5. The Morgan fingerprint density at radius 2 is 2.09 bits per heavy atom. The number of carbonyl (C=O) groups excluding carboxylic acids is 1. The standard InChI is InChI=1S/C15H16N2O5/c1-16-8-13(21-2)14(15(22-3)12(16)9-18)10-5-4-6-11(7-10)17(19)20/h4-8,14-15H,1-3H3. The molecule has 0 radical (unpaired) electrons. The number of rotatable bonds is 4. The van der Waals surface area contributed by atoms with Crippen LogP contribution in [0.15, 0.2) is 41.9 Å². The van der Waals surface area contributed by atoms with E-state index in [0.29, 0.717) is 17.0 Å². The summed E-state index contributed by atoms with van der Waals surface area (Å²) in [6.07, 6.45) is 1.02. The molecule has 0 saturated heterocycles. The van der Waals surface area contributed by atoms with Gasteiger partial charge in [-0.3, -0.25) is 10.1 Å². The first kappa shape index (κ1) is 15.8. The van der Waals surface area contributed by atoms with Crippen LogP contribution in [-0.2, 0) is 14.3 Å². The Hall–Kier alpha value is -2.63. The molecule has 1 aliphatic rings. The van der Waals surface area contributed by atoms with Crippen LogP contribution in [0.3, 0.4) is 0 Å². The Morgan fingerprint density at radius 1 is 1.36 bits per heavy atom. The van der Waals surface area contributed by atoms with Gasteiger partial charge < -0.3 is 14.4 Å². The third-order valence-electron chi connectivity index (χ3n) is 3.61. The molecule has 0 aromatic heterocycles. The number of likely N-dealkylation sites (N-methyl/N-ethyl adjacent to an activating group) is 1. The first-order valence-corrected chi connectivity index (χ1v) is 6.54. The molecule has 1 aromatic rings. The fourth-order valence-electron chi connectivity index (χ4n) is 2.58. The van der Waals surface area contributed by atoms with Crippen LogP contribution >= 0.6 is 0 Å². The number of methoxy groups -OCH3 is 2. The average molecular weight is 304 g/mol. The van der Waals surface area contributed by atoms with Crippen molar-refractivity contribution in [3.05, 3.63) is 57.6 Å². The van der Waals surface area contributed by atoms with Crippen LogP contribution < -0.4 is 0 Å². The second-order valence-electron chi connectivity index (χ2n) is 4.82. The minimum absolute atomic E-state index is 0.0293. The zero-order chi connectivity index (χ0) is 16.3. The number of nitro groups is 1. The molecular weight excluding hydrogens is 288 g/mol. The van der Waals surface area contributed by atoms with Crippen LogP contribution in [0.25, 0.3) is 0 Å². The van der Waals surface area contributed by atoms with E-state index in [9.17, 15) is 14.9 Å². The fraction of sp³-hybridized carbons (Fsp3) is 0.333. The number of benzene rings is 1. The third kappa shape index (κ3) is 2.72. The van der Waals surface area contributed by atoms with Crippen molar-refractivity contribution in [3.63, 3.8) is 0 Å². The lowest BCUT2D eigenvalue weighted by Gasteiger charge is -2.35. The molecule has 0 N–H and O–H groups in total. The van der Waals surface area contributed by atoms with Crippen molar-refractivity contribution in [2.24, 2.45) is 0 Å². The van der Waals surface area contributed by atoms with Gasteiger partial charge in [-0.25, -0.2) is 4.79 Å². The molecule has 7 heteroatoms. The van der Waals surface area contributed by atoms with Gasteiger partial charge in [0, 0.05) is 32.5 Å². The summed E-state index contributed by atoms with van der Waals surface area (Å²) in [6, 6.07) is 6.20. The molecule has 116 valence electrons. The van der Waals surface area contributed by atoms with Gasteiger partial charge in [-0.1, -0.05) is 12.1 Å². The highest BCUT2D eigenvalue weighted by atomic mass is 16.6. The summed E-state index contributed by atoms with van der Waals surface area (Å²) in [5.74, 6) is 1.96. The van der Waals surface area contributed by atoms with Crippen LogP contribution in [0.4, 0.5) is 5.69 Å². The van der Waals surface area contributed by atoms with Crippen LogP contribution in [0, 0.1) is 10.1 Å². The first-order valence-electron chi connectivity index (χ1n) is 6.54. The monoisotopic (exact) mass is 304 g/mol. The minimum Gasteiger partial charge on any atom is -0.499 e. The zero-order valence-electron chi connectivity index (χ0n) is 12.5. The third-order valence-corrected chi connectivity index (χ3v) is 3.61. The highest BCUT2D eigenvalue weighted by molar-refractivity contribution is 5.57. The van der Waals surface area contributed by atoms with Gasteiger partial charge in [0.25, 0.3) is 5.69 Å². The molecule has 0 saturated carbocycles. The molecule has 0 amide bonds. The molecule has 7 nitrogen and oxygen atoms in total. The van der Waals surface area contributed by atoms with Crippen molar-refractivity contribution in [2.45, 2.75) is 12.0 Å². The van der Waals surface area contributed by atoms with Crippen molar-refractivity contribution in [2.75, 3.05) is 21.3 Å². The molecule has 2 atom stereocenters. The Morgan fingerprint density at radius 3 is 2.64 bits per heavy atom. The Bertz CT molecular complexity index is 664. The highest BCUT2D eigenvalue weighted by Crippen LogP contribution is 2.38. The molecule has 22 heavy (non-hydrogen) atoms. The largest absolute Gasteiger partial charge is 0.499 e. The topological polar surface area (TPSA) is 81.9 Å². The summed E-state index contributed by atoms with van der Waals surface area (Å²) < 4.78 is 10.8. The van der Waals surface area contributed by atoms with E-state index in [4.69, 9.17) is 9.47 Å². The van der Waals surface area contributed by atoms with Gasteiger partial charge >= 0.3 is 0 Å². The lowest BCUT2D eigenvalue weighted by atomic mass is 9.87. The Labute approximate surface area is 127 Å². The Balaban J connectivity index is 2.58. The minimum atomic E-state index is -0.635. The maximum atomic E-state index is 11.2. The second-order valence-corrected chi connectivity index (χ2v) is 4.82. The number of hydrogen-bond acceptors (Lipinski definition) is 6. The van der Waals surface area contributed by atoms with Crippen molar-refractivity contribution in [3.8, 4) is 0 Å². The molecule has 2 rings (SSSR count). The molecule has 0 spiro atoms. The SMILES string of the molecule is COC1=CN(C)C(=C=O)C(OC)C1c1cccc([N+](=O)[O-])c1. The summed E-state index contributed by atoms with van der Waals surface area (Å²) >= 11 is 0. The van der Waals surface area contributed by atoms with E-state index >= 15 is 0 Å².